The maximum absolute atomic E-state index is 12.2. The van der Waals surface area contributed by atoms with Crippen LogP contribution in [0.4, 0.5) is 0 Å². The standard InChI is InChI=1S/C53H92O15P2/c1-3-5-7-9-11-13-15-17-19-21-23-25-27-29-31-33-35-37-39-41-52(57)63-43-49(54)45-65-69(59,60)67-47-51(56)48-68-70(61,62)66-46-50(55)44-64-53(58)42-40-38-36-34-32-30-28-26-24-22-20-18-16-14-12-10-8-6-4-2/h5,7,11-14,17-20,23,25,29,31,49-51,54-56H,3-4,6,8-10,15-16,21-22,24,26-28,30,32-48H2,1-2H3,(H,59,60)(H,61,62)/b7-5-,13-11-,14-12-,19-17-,20-18-,25-23-,31-29-. The van der Waals surface area contributed by atoms with E-state index in [-0.39, 0.29) is 12.8 Å². The van der Waals surface area contributed by atoms with Crippen LogP contribution in [-0.4, -0.2) is 95.0 Å². The van der Waals surface area contributed by atoms with E-state index < -0.39 is 85.5 Å². The lowest BCUT2D eigenvalue weighted by atomic mass is 10.1. The minimum atomic E-state index is -4.80. The number of allylic oxidation sites excluding steroid dienone is 14. The lowest BCUT2D eigenvalue weighted by Gasteiger charge is -2.19. The second-order valence-electron chi connectivity index (χ2n) is 17.2. The molecule has 5 atom stereocenters. The van der Waals surface area contributed by atoms with Crippen molar-refractivity contribution >= 4 is 27.6 Å². The molecule has 17 heteroatoms. The molecule has 0 heterocycles. The zero-order valence-corrected chi connectivity index (χ0v) is 44.4. The predicted molar refractivity (Wildman–Crippen MR) is 279 cm³/mol. The van der Waals surface area contributed by atoms with E-state index in [1.807, 2.05) is 0 Å². The highest BCUT2D eigenvalue weighted by atomic mass is 31.2. The molecule has 0 bridgehead atoms. The summed E-state index contributed by atoms with van der Waals surface area (Å²) < 4.78 is 53.1. The first kappa shape index (κ1) is 67.2. The van der Waals surface area contributed by atoms with Crippen LogP contribution in [0.3, 0.4) is 0 Å². The highest BCUT2D eigenvalue weighted by molar-refractivity contribution is 7.47. The molecule has 0 rings (SSSR count). The maximum Gasteiger partial charge on any atom is 0.472 e. The van der Waals surface area contributed by atoms with Crippen LogP contribution in [0, 0.1) is 0 Å². The van der Waals surface area contributed by atoms with Crippen LogP contribution < -0.4 is 0 Å². The van der Waals surface area contributed by atoms with Gasteiger partial charge in [0.25, 0.3) is 0 Å². The second kappa shape index (κ2) is 48.5. The van der Waals surface area contributed by atoms with Crippen LogP contribution in [0.2, 0.25) is 0 Å². The van der Waals surface area contributed by atoms with Gasteiger partial charge in [0.1, 0.15) is 31.5 Å². The summed E-state index contributed by atoms with van der Waals surface area (Å²) in [5, 5.41) is 30.1. The Morgan fingerprint density at radius 3 is 1.00 bits per heavy atom. The Morgan fingerprint density at radius 1 is 0.386 bits per heavy atom. The molecule has 0 aromatic heterocycles. The number of carbonyl (C=O) groups excluding carboxylic acids is 2. The minimum absolute atomic E-state index is 0.153. The average molecular weight is 1030 g/mol. The summed E-state index contributed by atoms with van der Waals surface area (Å²) in [5.74, 6) is -1.03. The molecule has 0 saturated heterocycles. The van der Waals surface area contributed by atoms with Gasteiger partial charge in [-0.1, -0.05) is 163 Å². The summed E-state index contributed by atoms with van der Waals surface area (Å²) in [5.41, 5.74) is 0. The summed E-state index contributed by atoms with van der Waals surface area (Å²) >= 11 is 0. The number of hydrogen-bond donors (Lipinski definition) is 5. The number of hydrogen-bond acceptors (Lipinski definition) is 13. The third-order valence-corrected chi connectivity index (χ3v) is 12.2. The van der Waals surface area contributed by atoms with Crippen LogP contribution in [0.5, 0.6) is 0 Å². The molecule has 0 aliphatic heterocycles. The Bertz CT molecular complexity index is 1570. The van der Waals surface area contributed by atoms with Crippen LogP contribution in [-0.2, 0) is 46.3 Å². The van der Waals surface area contributed by atoms with Crippen molar-refractivity contribution in [1.82, 2.24) is 0 Å². The van der Waals surface area contributed by atoms with E-state index in [4.69, 9.17) is 14.0 Å². The van der Waals surface area contributed by atoms with Gasteiger partial charge in [-0.2, -0.15) is 0 Å². The van der Waals surface area contributed by atoms with Crippen LogP contribution in [0.1, 0.15) is 181 Å². The number of esters is 2. The van der Waals surface area contributed by atoms with Crippen molar-refractivity contribution in [3.63, 3.8) is 0 Å². The van der Waals surface area contributed by atoms with E-state index in [9.17, 15) is 43.8 Å². The van der Waals surface area contributed by atoms with E-state index in [0.717, 1.165) is 83.5 Å². The van der Waals surface area contributed by atoms with E-state index >= 15 is 0 Å². The minimum Gasteiger partial charge on any atom is -0.463 e. The van der Waals surface area contributed by atoms with Crippen molar-refractivity contribution in [2.75, 3.05) is 39.6 Å². The second-order valence-corrected chi connectivity index (χ2v) is 20.1. The third kappa shape index (κ3) is 50.2. The Balaban J connectivity index is 3.91. The van der Waals surface area contributed by atoms with E-state index in [1.54, 1.807) is 0 Å². The number of carbonyl (C=O) groups is 2. The fourth-order valence-corrected chi connectivity index (χ4v) is 7.92. The van der Waals surface area contributed by atoms with Crippen LogP contribution in [0.25, 0.3) is 0 Å². The first-order chi connectivity index (χ1) is 33.8. The summed E-state index contributed by atoms with van der Waals surface area (Å²) in [6.07, 6.45) is 51.3. The van der Waals surface area contributed by atoms with E-state index in [0.29, 0.717) is 12.8 Å². The molecule has 0 aromatic carbocycles. The molecule has 0 aliphatic rings. The number of phosphoric ester groups is 2. The number of rotatable bonds is 49. The average Bonchev–Trinajstić information content (AvgIpc) is 3.34. The zero-order valence-electron chi connectivity index (χ0n) is 42.7. The third-order valence-electron chi connectivity index (χ3n) is 10.3. The summed E-state index contributed by atoms with van der Waals surface area (Å²) in [7, 11) is -9.60. The molecule has 15 nitrogen and oxygen atoms in total. The van der Waals surface area contributed by atoms with Crippen molar-refractivity contribution in [1.29, 1.82) is 0 Å². The van der Waals surface area contributed by atoms with Gasteiger partial charge in [-0.05, 0) is 89.9 Å². The van der Waals surface area contributed by atoms with Gasteiger partial charge >= 0.3 is 27.6 Å². The molecule has 0 amide bonds. The topological polar surface area (TPSA) is 225 Å². The quantitative estimate of drug-likeness (QED) is 0.0165. The molecule has 404 valence electrons. The van der Waals surface area contributed by atoms with Crippen molar-refractivity contribution in [3.05, 3.63) is 85.1 Å². The number of aliphatic hydroxyl groups is 3. The number of ether oxygens (including phenoxy) is 2. The maximum atomic E-state index is 12.2. The summed E-state index contributed by atoms with van der Waals surface area (Å²) in [4.78, 5) is 43.9. The largest absolute Gasteiger partial charge is 0.472 e. The van der Waals surface area contributed by atoms with Gasteiger partial charge in [0.2, 0.25) is 0 Å². The molecule has 0 fully saturated rings. The van der Waals surface area contributed by atoms with Crippen LogP contribution in [0.15, 0.2) is 85.1 Å². The smallest absolute Gasteiger partial charge is 0.463 e. The Morgan fingerprint density at radius 2 is 0.657 bits per heavy atom. The molecule has 0 radical (unpaired) electrons. The molecule has 5 unspecified atom stereocenters. The van der Waals surface area contributed by atoms with Crippen molar-refractivity contribution in [2.45, 2.75) is 199 Å². The number of aliphatic hydroxyl groups excluding tert-OH is 3. The van der Waals surface area contributed by atoms with Crippen molar-refractivity contribution in [3.8, 4) is 0 Å². The van der Waals surface area contributed by atoms with Gasteiger partial charge in [0.15, 0.2) is 0 Å². The summed E-state index contributed by atoms with van der Waals surface area (Å²) in [6.45, 7) is 0.235. The predicted octanol–water partition coefficient (Wildman–Crippen LogP) is 12.5. The number of unbranched alkanes of at least 4 members (excludes halogenated alkanes) is 15. The lowest BCUT2D eigenvalue weighted by molar-refractivity contribution is -0.148. The Labute approximate surface area is 421 Å². The SMILES string of the molecule is CC/C=C\C/C=C\C/C=C\C/C=C\C/C=C\CCCCCC(=O)OCC(O)COP(=O)(O)OCC(O)COP(=O)(O)OCC(O)COC(=O)CCCCCCCCCCC/C=C\C/C=C\CCCCC. The first-order valence-corrected chi connectivity index (χ1v) is 28.9. The normalized spacial score (nSPS) is 15.6. The molecule has 70 heavy (non-hydrogen) atoms. The van der Waals surface area contributed by atoms with E-state index in [2.05, 4.69) is 112 Å². The Hall–Kier alpha value is -2.78. The molecule has 0 saturated carbocycles. The fourth-order valence-electron chi connectivity index (χ4n) is 6.33. The van der Waals surface area contributed by atoms with E-state index in [1.165, 1.54) is 57.8 Å². The molecular formula is C53H92O15P2. The van der Waals surface area contributed by atoms with Gasteiger partial charge < -0.3 is 34.6 Å². The summed E-state index contributed by atoms with van der Waals surface area (Å²) in [6, 6.07) is 0. The molecule has 5 N–H and O–H groups in total. The van der Waals surface area contributed by atoms with Crippen molar-refractivity contribution < 1.29 is 71.4 Å². The highest BCUT2D eigenvalue weighted by Crippen LogP contribution is 2.45. The van der Waals surface area contributed by atoms with Gasteiger partial charge in [-0.3, -0.25) is 27.7 Å². The van der Waals surface area contributed by atoms with Gasteiger partial charge in [0, 0.05) is 12.8 Å². The van der Waals surface area contributed by atoms with Crippen LogP contribution >= 0.6 is 15.6 Å². The van der Waals surface area contributed by atoms with Gasteiger partial charge in [0.05, 0.1) is 26.4 Å². The molecule has 0 spiro atoms. The van der Waals surface area contributed by atoms with Gasteiger partial charge in [-0.25, -0.2) is 9.13 Å². The van der Waals surface area contributed by atoms with Crippen molar-refractivity contribution in [2.24, 2.45) is 0 Å². The lowest BCUT2D eigenvalue weighted by Crippen LogP contribution is -2.25. The highest BCUT2D eigenvalue weighted by Gasteiger charge is 2.28. The molecule has 0 aliphatic carbocycles. The monoisotopic (exact) mass is 1030 g/mol. The Kier molecular flexibility index (Phi) is 46.6. The zero-order chi connectivity index (χ0) is 51.7. The first-order valence-electron chi connectivity index (χ1n) is 25.9. The molecule has 0 aromatic rings. The fraction of sp³-hybridized carbons (Fsp3) is 0.698. The van der Waals surface area contributed by atoms with Gasteiger partial charge in [-0.15, -0.1) is 0 Å². The number of phosphoric acid groups is 2. The molecular weight excluding hydrogens is 939 g/mol.